The maximum absolute atomic E-state index is 10.8. The summed E-state index contributed by atoms with van der Waals surface area (Å²) in [5, 5.41) is 14.9. The molecule has 0 saturated heterocycles. The molecule has 0 amide bonds. The minimum absolute atomic E-state index is 0.0153. The maximum atomic E-state index is 10.8. The van der Waals surface area contributed by atoms with E-state index in [9.17, 15) is 10.1 Å². The van der Waals surface area contributed by atoms with Crippen LogP contribution in [0, 0.1) is 10.1 Å². The van der Waals surface area contributed by atoms with E-state index in [0.29, 0.717) is 12.3 Å². The second-order valence-corrected chi connectivity index (χ2v) is 5.52. The van der Waals surface area contributed by atoms with Gasteiger partial charge < -0.3 is 4.74 Å². The lowest BCUT2D eigenvalue weighted by molar-refractivity contribution is -0.384. The molecule has 0 bridgehead atoms. The van der Waals surface area contributed by atoms with Crippen molar-refractivity contribution >= 4 is 17.6 Å². The van der Waals surface area contributed by atoms with Crippen LogP contribution in [0.4, 0.5) is 11.4 Å². The van der Waals surface area contributed by atoms with Crippen LogP contribution in [0.3, 0.4) is 0 Å². The third kappa shape index (κ3) is 4.91. The summed E-state index contributed by atoms with van der Waals surface area (Å²) < 4.78 is 5.78. The van der Waals surface area contributed by atoms with Crippen LogP contribution in [0.1, 0.15) is 11.1 Å². The Hall–Kier alpha value is -3.67. The number of nitro groups is 1. The van der Waals surface area contributed by atoms with E-state index in [-0.39, 0.29) is 5.69 Å². The fourth-order valence-corrected chi connectivity index (χ4v) is 2.30. The fraction of sp³-hybridized carbons (Fsp3) is 0.0500. The quantitative estimate of drug-likeness (QED) is 0.384. The standard InChI is InChI=1S/C20H17N3O3/c24-23(25)19-10-5-9-18(13-19)22-21-14-17-8-4-11-20(12-17)26-15-16-6-2-1-3-7-16/h1-14,22H,15H2/b21-14-. The van der Waals surface area contributed by atoms with Crippen LogP contribution < -0.4 is 10.2 Å². The number of non-ortho nitro benzene ring substituents is 1. The highest BCUT2D eigenvalue weighted by atomic mass is 16.6. The van der Waals surface area contributed by atoms with Crippen molar-refractivity contribution in [2.24, 2.45) is 5.10 Å². The first-order chi connectivity index (χ1) is 12.7. The fourth-order valence-electron chi connectivity index (χ4n) is 2.30. The summed E-state index contributed by atoms with van der Waals surface area (Å²) in [4.78, 5) is 10.3. The molecule has 0 fully saturated rings. The number of hydrogen-bond donors (Lipinski definition) is 1. The molecule has 0 spiro atoms. The maximum Gasteiger partial charge on any atom is 0.271 e. The summed E-state index contributed by atoms with van der Waals surface area (Å²) >= 11 is 0. The lowest BCUT2D eigenvalue weighted by Crippen LogP contribution is -1.96. The van der Waals surface area contributed by atoms with Gasteiger partial charge in [-0.3, -0.25) is 15.5 Å². The van der Waals surface area contributed by atoms with E-state index in [1.807, 2.05) is 54.6 Å². The zero-order valence-electron chi connectivity index (χ0n) is 13.9. The summed E-state index contributed by atoms with van der Waals surface area (Å²) in [5.41, 5.74) is 5.30. The predicted octanol–water partition coefficient (Wildman–Crippen LogP) is 4.62. The Morgan fingerprint density at radius 3 is 2.62 bits per heavy atom. The first kappa shape index (κ1) is 17.2. The van der Waals surface area contributed by atoms with Crippen LogP contribution in [0.2, 0.25) is 0 Å². The van der Waals surface area contributed by atoms with Gasteiger partial charge in [-0.1, -0.05) is 48.5 Å². The van der Waals surface area contributed by atoms with Gasteiger partial charge >= 0.3 is 0 Å². The van der Waals surface area contributed by atoms with Gasteiger partial charge in [0.15, 0.2) is 0 Å². The van der Waals surface area contributed by atoms with Crippen molar-refractivity contribution in [2.75, 3.05) is 5.43 Å². The van der Waals surface area contributed by atoms with E-state index in [0.717, 1.165) is 16.9 Å². The third-order valence-corrected chi connectivity index (χ3v) is 3.57. The van der Waals surface area contributed by atoms with Crippen LogP contribution in [0.25, 0.3) is 0 Å². The van der Waals surface area contributed by atoms with Crippen molar-refractivity contribution in [3.63, 3.8) is 0 Å². The van der Waals surface area contributed by atoms with Gasteiger partial charge in [0.1, 0.15) is 12.4 Å². The number of nitrogens with zero attached hydrogens (tertiary/aromatic N) is 2. The number of nitro benzene ring substituents is 1. The molecule has 0 aromatic heterocycles. The Morgan fingerprint density at radius 1 is 1.00 bits per heavy atom. The van der Waals surface area contributed by atoms with Gasteiger partial charge in [0.25, 0.3) is 5.69 Å². The normalized spacial score (nSPS) is 10.6. The minimum atomic E-state index is -0.442. The Kier molecular flexibility index (Phi) is 5.57. The van der Waals surface area contributed by atoms with E-state index < -0.39 is 4.92 Å². The smallest absolute Gasteiger partial charge is 0.271 e. The molecule has 0 aliphatic rings. The second kappa shape index (κ2) is 8.43. The molecule has 3 rings (SSSR count). The highest BCUT2D eigenvalue weighted by Gasteiger charge is 2.04. The van der Waals surface area contributed by atoms with Gasteiger partial charge in [-0.15, -0.1) is 0 Å². The first-order valence-electron chi connectivity index (χ1n) is 8.01. The van der Waals surface area contributed by atoms with Crippen molar-refractivity contribution in [3.8, 4) is 5.75 Å². The van der Waals surface area contributed by atoms with Crippen LogP contribution in [0.15, 0.2) is 84.0 Å². The van der Waals surface area contributed by atoms with E-state index in [1.54, 1.807) is 18.3 Å². The minimum Gasteiger partial charge on any atom is -0.489 e. The molecule has 6 nitrogen and oxygen atoms in total. The summed E-state index contributed by atoms with van der Waals surface area (Å²) in [6.45, 7) is 0.493. The Bertz CT molecular complexity index is 911. The van der Waals surface area contributed by atoms with Crippen LogP contribution >= 0.6 is 0 Å². The third-order valence-electron chi connectivity index (χ3n) is 3.57. The monoisotopic (exact) mass is 347 g/mol. The van der Waals surface area contributed by atoms with Crippen LogP contribution in [0.5, 0.6) is 5.75 Å². The highest BCUT2D eigenvalue weighted by Crippen LogP contribution is 2.17. The summed E-state index contributed by atoms with van der Waals surface area (Å²) in [5.74, 6) is 0.744. The zero-order chi connectivity index (χ0) is 18.2. The van der Waals surface area contributed by atoms with Crippen molar-refractivity contribution in [1.82, 2.24) is 0 Å². The Labute approximate surface area is 150 Å². The number of ether oxygens (including phenoxy) is 1. The molecule has 3 aromatic rings. The average Bonchev–Trinajstić information content (AvgIpc) is 2.68. The highest BCUT2D eigenvalue weighted by molar-refractivity contribution is 5.80. The van der Waals surface area contributed by atoms with Gasteiger partial charge in [0.2, 0.25) is 0 Å². The molecule has 6 heteroatoms. The number of rotatable bonds is 7. The molecular weight excluding hydrogens is 330 g/mol. The van der Waals surface area contributed by atoms with E-state index >= 15 is 0 Å². The molecule has 26 heavy (non-hydrogen) atoms. The molecule has 0 aliphatic heterocycles. The number of benzene rings is 3. The molecule has 3 aromatic carbocycles. The number of nitrogens with one attached hydrogen (secondary N) is 1. The average molecular weight is 347 g/mol. The first-order valence-corrected chi connectivity index (χ1v) is 8.01. The number of anilines is 1. The van der Waals surface area contributed by atoms with Gasteiger partial charge in [-0.2, -0.15) is 5.10 Å². The van der Waals surface area contributed by atoms with Gasteiger partial charge in [-0.25, -0.2) is 0 Å². The van der Waals surface area contributed by atoms with Crippen molar-refractivity contribution in [2.45, 2.75) is 6.61 Å². The molecular formula is C20H17N3O3. The molecule has 1 N–H and O–H groups in total. The topological polar surface area (TPSA) is 76.8 Å². The van der Waals surface area contributed by atoms with Crippen molar-refractivity contribution in [3.05, 3.63) is 100 Å². The summed E-state index contributed by atoms with van der Waals surface area (Å²) in [6, 6.07) is 23.6. The van der Waals surface area contributed by atoms with Crippen molar-refractivity contribution in [1.29, 1.82) is 0 Å². The number of hydrogen-bond acceptors (Lipinski definition) is 5. The van der Waals surface area contributed by atoms with Crippen LogP contribution in [-0.4, -0.2) is 11.1 Å². The summed E-state index contributed by atoms with van der Waals surface area (Å²) in [6.07, 6.45) is 1.63. The molecule has 0 radical (unpaired) electrons. The molecule has 0 heterocycles. The van der Waals surface area contributed by atoms with Gasteiger partial charge in [-0.05, 0) is 29.3 Å². The van der Waals surface area contributed by atoms with Crippen LogP contribution in [-0.2, 0) is 6.61 Å². The zero-order valence-corrected chi connectivity index (χ0v) is 13.9. The lowest BCUT2D eigenvalue weighted by Gasteiger charge is -2.06. The van der Waals surface area contributed by atoms with Gasteiger partial charge in [0.05, 0.1) is 16.8 Å². The van der Waals surface area contributed by atoms with E-state index in [2.05, 4.69) is 10.5 Å². The SMILES string of the molecule is O=[N+]([O-])c1cccc(N/N=C\c2cccc(OCc3ccccc3)c2)c1. The predicted molar refractivity (Wildman–Crippen MR) is 102 cm³/mol. The van der Waals surface area contributed by atoms with E-state index in [1.165, 1.54) is 12.1 Å². The van der Waals surface area contributed by atoms with Crippen molar-refractivity contribution < 1.29 is 9.66 Å². The Morgan fingerprint density at radius 2 is 1.81 bits per heavy atom. The lowest BCUT2D eigenvalue weighted by atomic mass is 10.2. The van der Waals surface area contributed by atoms with E-state index in [4.69, 9.17) is 4.74 Å². The second-order valence-electron chi connectivity index (χ2n) is 5.52. The largest absolute Gasteiger partial charge is 0.489 e. The number of hydrazone groups is 1. The molecule has 0 unspecified atom stereocenters. The molecule has 130 valence electrons. The Balaban J connectivity index is 1.60. The summed E-state index contributed by atoms with van der Waals surface area (Å²) in [7, 11) is 0. The molecule has 0 atom stereocenters. The van der Waals surface area contributed by atoms with Gasteiger partial charge in [0, 0.05) is 12.1 Å². The molecule has 0 aliphatic carbocycles. The molecule has 0 saturated carbocycles.